The zero-order valence-electron chi connectivity index (χ0n) is 10.7. The summed E-state index contributed by atoms with van der Waals surface area (Å²) in [6, 6.07) is 15.8. The maximum atomic E-state index is 12.1. The third-order valence-electron chi connectivity index (χ3n) is 3.17. The molecule has 0 radical (unpaired) electrons. The second-order valence-corrected chi connectivity index (χ2v) is 5.73. The van der Waals surface area contributed by atoms with Crippen LogP contribution in [0.1, 0.15) is 5.56 Å². The first kappa shape index (κ1) is 13.2. The predicted molar refractivity (Wildman–Crippen MR) is 89.8 cm³/mol. The fourth-order valence-corrected chi connectivity index (χ4v) is 2.73. The van der Waals surface area contributed by atoms with Gasteiger partial charge in [-0.05, 0) is 46.4 Å². The van der Waals surface area contributed by atoms with Crippen LogP contribution in [-0.2, 0) is 11.2 Å². The molecule has 3 aromatic rings. The molecule has 4 heteroatoms. The number of aromatic amines is 1. The Morgan fingerprint density at radius 3 is 2.70 bits per heavy atom. The van der Waals surface area contributed by atoms with Crippen LogP contribution < -0.4 is 5.32 Å². The van der Waals surface area contributed by atoms with E-state index in [-0.39, 0.29) is 5.91 Å². The van der Waals surface area contributed by atoms with Crippen molar-refractivity contribution in [2.75, 3.05) is 5.32 Å². The summed E-state index contributed by atoms with van der Waals surface area (Å²) in [5, 5.41) is 4.06. The second kappa shape index (κ2) is 5.66. The Morgan fingerprint density at radius 2 is 1.85 bits per heavy atom. The van der Waals surface area contributed by atoms with Gasteiger partial charge in [0.2, 0.25) is 5.91 Å². The monoisotopic (exact) mass is 376 g/mol. The fourth-order valence-electron chi connectivity index (χ4n) is 2.21. The van der Waals surface area contributed by atoms with E-state index < -0.39 is 0 Å². The van der Waals surface area contributed by atoms with Gasteiger partial charge < -0.3 is 10.3 Å². The highest BCUT2D eigenvalue weighted by Gasteiger charge is 2.09. The summed E-state index contributed by atoms with van der Waals surface area (Å²) in [6.45, 7) is 0. The molecule has 0 aliphatic rings. The molecule has 0 aliphatic heterocycles. The first-order valence-corrected chi connectivity index (χ1v) is 7.41. The summed E-state index contributed by atoms with van der Waals surface area (Å²) in [6.07, 6.45) is 2.27. The Hall–Kier alpha value is -1.82. The molecule has 100 valence electrons. The predicted octanol–water partition coefficient (Wildman–Crippen LogP) is 3.95. The molecule has 3 nitrogen and oxygen atoms in total. The van der Waals surface area contributed by atoms with Gasteiger partial charge in [-0.15, -0.1) is 0 Å². The fraction of sp³-hybridized carbons (Fsp3) is 0.0625. The molecule has 1 heterocycles. The molecule has 0 atom stereocenters. The van der Waals surface area contributed by atoms with Gasteiger partial charge in [-0.2, -0.15) is 0 Å². The van der Waals surface area contributed by atoms with Crippen LogP contribution in [0.25, 0.3) is 10.9 Å². The molecule has 0 saturated heterocycles. The molecule has 2 aromatic carbocycles. The van der Waals surface area contributed by atoms with Crippen LogP contribution in [0.2, 0.25) is 0 Å². The van der Waals surface area contributed by atoms with Gasteiger partial charge in [-0.1, -0.05) is 30.3 Å². The van der Waals surface area contributed by atoms with Crippen molar-refractivity contribution in [3.63, 3.8) is 0 Å². The Kier molecular flexibility index (Phi) is 3.73. The molecule has 0 aliphatic carbocycles. The van der Waals surface area contributed by atoms with E-state index >= 15 is 0 Å². The van der Waals surface area contributed by atoms with Crippen molar-refractivity contribution in [2.24, 2.45) is 0 Å². The number of rotatable bonds is 3. The summed E-state index contributed by atoms with van der Waals surface area (Å²) < 4.78 is 1.04. The van der Waals surface area contributed by atoms with Gasteiger partial charge >= 0.3 is 0 Å². The van der Waals surface area contributed by atoms with E-state index in [4.69, 9.17) is 0 Å². The number of carbonyl (C=O) groups is 1. The minimum atomic E-state index is -0.00105. The molecule has 0 saturated carbocycles. The van der Waals surface area contributed by atoms with Gasteiger partial charge in [0, 0.05) is 20.7 Å². The maximum absolute atomic E-state index is 12.1. The molecular weight excluding hydrogens is 363 g/mol. The van der Waals surface area contributed by atoms with Crippen molar-refractivity contribution in [3.05, 3.63) is 63.9 Å². The molecule has 0 spiro atoms. The Balaban J connectivity index is 1.78. The topological polar surface area (TPSA) is 44.9 Å². The number of para-hydroxylation sites is 2. The highest BCUT2D eigenvalue weighted by molar-refractivity contribution is 14.1. The van der Waals surface area contributed by atoms with Crippen molar-refractivity contribution in [3.8, 4) is 0 Å². The van der Waals surface area contributed by atoms with E-state index in [0.29, 0.717) is 6.42 Å². The molecular formula is C16H13IN2O. The van der Waals surface area contributed by atoms with Gasteiger partial charge in [0.05, 0.1) is 12.1 Å². The van der Waals surface area contributed by atoms with E-state index in [1.54, 1.807) is 0 Å². The first-order valence-electron chi connectivity index (χ1n) is 6.33. The van der Waals surface area contributed by atoms with Crippen molar-refractivity contribution in [1.29, 1.82) is 0 Å². The van der Waals surface area contributed by atoms with Crippen LogP contribution in [0, 0.1) is 3.57 Å². The molecule has 0 fully saturated rings. The molecule has 20 heavy (non-hydrogen) atoms. The maximum Gasteiger partial charge on any atom is 0.228 e. The number of anilines is 1. The van der Waals surface area contributed by atoms with E-state index in [2.05, 4.69) is 32.9 Å². The summed E-state index contributed by atoms with van der Waals surface area (Å²) in [5.41, 5.74) is 2.94. The van der Waals surface area contributed by atoms with Gasteiger partial charge in [0.15, 0.2) is 0 Å². The summed E-state index contributed by atoms with van der Waals surface area (Å²) in [7, 11) is 0. The van der Waals surface area contributed by atoms with Gasteiger partial charge in [0.25, 0.3) is 0 Å². The molecule has 1 amide bonds. The summed E-state index contributed by atoms with van der Waals surface area (Å²) in [4.78, 5) is 15.3. The van der Waals surface area contributed by atoms with Crippen molar-refractivity contribution in [2.45, 2.75) is 6.42 Å². The van der Waals surface area contributed by atoms with E-state index in [0.717, 1.165) is 25.7 Å². The van der Waals surface area contributed by atoms with Crippen molar-refractivity contribution >= 4 is 45.1 Å². The summed E-state index contributed by atoms with van der Waals surface area (Å²) in [5.74, 6) is -0.00105. The normalized spacial score (nSPS) is 10.7. The number of H-pyrrole nitrogens is 1. The van der Waals surface area contributed by atoms with Gasteiger partial charge in [-0.25, -0.2) is 0 Å². The Morgan fingerprint density at radius 1 is 1.10 bits per heavy atom. The lowest BCUT2D eigenvalue weighted by atomic mass is 10.1. The first-order chi connectivity index (χ1) is 9.74. The Bertz CT molecular complexity index is 764. The van der Waals surface area contributed by atoms with Gasteiger partial charge in [0.1, 0.15) is 0 Å². The van der Waals surface area contributed by atoms with E-state index in [9.17, 15) is 4.79 Å². The lowest BCUT2D eigenvalue weighted by molar-refractivity contribution is -0.115. The third-order valence-corrected chi connectivity index (χ3v) is 4.11. The number of carbonyl (C=O) groups excluding carboxylic acids is 1. The van der Waals surface area contributed by atoms with Crippen LogP contribution >= 0.6 is 22.6 Å². The zero-order chi connectivity index (χ0) is 13.9. The molecule has 0 unspecified atom stereocenters. The summed E-state index contributed by atoms with van der Waals surface area (Å²) >= 11 is 2.22. The van der Waals surface area contributed by atoms with Crippen LogP contribution in [0.4, 0.5) is 5.69 Å². The number of aromatic nitrogens is 1. The lowest BCUT2D eigenvalue weighted by Gasteiger charge is -2.06. The molecule has 2 N–H and O–H groups in total. The average Bonchev–Trinajstić information content (AvgIpc) is 2.85. The van der Waals surface area contributed by atoms with Gasteiger partial charge in [-0.3, -0.25) is 4.79 Å². The third kappa shape index (κ3) is 2.70. The van der Waals surface area contributed by atoms with Crippen molar-refractivity contribution in [1.82, 2.24) is 4.98 Å². The minimum Gasteiger partial charge on any atom is -0.361 e. The second-order valence-electron chi connectivity index (χ2n) is 4.56. The highest BCUT2D eigenvalue weighted by atomic mass is 127. The number of halogens is 1. The van der Waals surface area contributed by atoms with E-state index in [1.165, 1.54) is 0 Å². The average molecular weight is 376 g/mol. The van der Waals surface area contributed by atoms with E-state index in [1.807, 2.05) is 54.7 Å². The number of nitrogens with one attached hydrogen (secondary N) is 2. The standard InChI is InChI=1S/C16H13IN2O/c17-13-6-2-4-8-15(13)19-16(20)9-11-10-18-14-7-3-1-5-12(11)14/h1-8,10,18H,9H2,(H,19,20). The van der Waals surface area contributed by atoms with Crippen LogP contribution in [0.15, 0.2) is 54.7 Å². The zero-order valence-corrected chi connectivity index (χ0v) is 12.8. The number of hydrogen-bond donors (Lipinski definition) is 2. The largest absolute Gasteiger partial charge is 0.361 e. The van der Waals surface area contributed by atoms with Crippen LogP contribution in [-0.4, -0.2) is 10.9 Å². The molecule has 0 bridgehead atoms. The molecule has 3 rings (SSSR count). The van der Waals surface area contributed by atoms with Crippen LogP contribution in [0.3, 0.4) is 0 Å². The number of fused-ring (bicyclic) bond motifs is 1. The number of hydrogen-bond acceptors (Lipinski definition) is 1. The Labute approximate surface area is 130 Å². The smallest absolute Gasteiger partial charge is 0.228 e. The highest BCUT2D eigenvalue weighted by Crippen LogP contribution is 2.20. The quantitative estimate of drug-likeness (QED) is 0.668. The van der Waals surface area contributed by atoms with Crippen LogP contribution in [0.5, 0.6) is 0 Å². The van der Waals surface area contributed by atoms with Crippen molar-refractivity contribution < 1.29 is 4.79 Å². The number of benzene rings is 2. The number of amides is 1. The SMILES string of the molecule is O=C(Cc1c[nH]c2ccccc12)Nc1ccccc1I. The molecule has 1 aromatic heterocycles. The lowest BCUT2D eigenvalue weighted by Crippen LogP contribution is -2.14. The minimum absolute atomic E-state index is 0.00105.